The maximum absolute atomic E-state index is 5.61. The van der Waals surface area contributed by atoms with Crippen molar-refractivity contribution in [1.29, 1.82) is 0 Å². The normalized spacial score (nSPS) is 23.5. The molecule has 2 unspecified atom stereocenters. The van der Waals surface area contributed by atoms with E-state index in [4.69, 9.17) is 9.57 Å². The van der Waals surface area contributed by atoms with Crippen LogP contribution in [0.15, 0.2) is 29.4 Å². The van der Waals surface area contributed by atoms with Gasteiger partial charge in [0, 0.05) is 5.92 Å². The molecular formula is C14H19NO2. The summed E-state index contributed by atoms with van der Waals surface area (Å²) < 4.78 is 5.61. The SMILES string of the molecule is CC(C)Oc1ccc(C2=NOC(C)C2C)cc1. The average Bonchev–Trinajstić information content (AvgIpc) is 2.60. The Morgan fingerprint density at radius 1 is 1.18 bits per heavy atom. The van der Waals surface area contributed by atoms with Gasteiger partial charge in [-0.05, 0) is 50.6 Å². The predicted molar refractivity (Wildman–Crippen MR) is 68.5 cm³/mol. The first kappa shape index (κ1) is 12.0. The Balaban J connectivity index is 2.13. The van der Waals surface area contributed by atoms with Crippen molar-refractivity contribution >= 4 is 5.71 Å². The summed E-state index contributed by atoms with van der Waals surface area (Å²) in [5.74, 6) is 1.23. The van der Waals surface area contributed by atoms with Crippen LogP contribution in [0.2, 0.25) is 0 Å². The van der Waals surface area contributed by atoms with E-state index in [0.29, 0.717) is 5.92 Å². The number of hydrogen-bond acceptors (Lipinski definition) is 3. The summed E-state index contributed by atoms with van der Waals surface area (Å²) in [6, 6.07) is 8.03. The lowest BCUT2D eigenvalue weighted by molar-refractivity contribution is 0.0799. The molecule has 0 aliphatic carbocycles. The summed E-state index contributed by atoms with van der Waals surface area (Å²) in [6.45, 7) is 8.21. The largest absolute Gasteiger partial charge is 0.491 e. The number of hydrogen-bond donors (Lipinski definition) is 0. The molecule has 1 heterocycles. The molecule has 0 fully saturated rings. The van der Waals surface area contributed by atoms with Gasteiger partial charge in [-0.25, -0.2) is 0 Å². The fourth-order valence-corrected chi connectivity index (χ4v) is 1.83. The van der Waals surface area contributed by atoms with Gasteiger partial charge in [0.2, 0.25) is 0 Å². The van der Waals surface area contributed by atoms with Gasteiger partial charge in [-0.1, -0.05) is 12.1 Å². The Labute approximate surface area is 102 Å². The molecule has 1 aromatic rings. The third kappa shape index (κ3) is 2.60. The van der Waals surface area contributed by atoms with Crippen molar-refractivity contribution in [2.75, 3.05) is 0 Å². The Morgan fingerprint density at radius 2 is 1.82 bits per heavy atom. The number of oxime groups is 1. The first-order chi connectivity index (χ1) is 8.08. The van der Waals surface area contributed by atoms with Crippen molar-refractivity contribution in [3.63, 3.8) is 0 Å². The molecule has 3 heteroatoms. The van der Waals surface area contributed by atoms with E-state index < -0.39 is 0 Å². The van der Waals surface area contributed by atoms with Crippen molar-refractivity contribution in [3.8, 4) is 5.75 Å². The average molecular weight is 233 g/mol. The zero-order chi connectivity index (χ0) is 12.4. The number of benzene rings is 1. The standard InChI is InChI=1S/C14H19NO2/c1-9(2)16-13-7-5-12(6-8-13)14-10(3)11(4)17-15-14/h5-11H,1-4H3. The van der Waals surface area contributed by atoms with Crippen LogP contribution in [0.3, 0.4) is 0 Å². The van der Waals surface area contributed by atoms with Crippen LogP contribution in [0, 0.1) is 5.92 Å². The van der Waals surface area contributed by atoms with Gasteiger partial charge in [0.25, 0.3) is 0 Å². The van der Waals surface area contributed by atoms with Gasteiger partial charge >= 0.3 is 0 Å². The molecule has 0 saturated carbocycles. The van der Waals surface area contributed by atoms with Gasteiger partial charge in [-0.2, -0.15) is 0 Å². The lowest BCUT2D eigenvalue weighted by atomic mass is 9.95. The molecular weight excluding hydrogens is 214 g/mol. The minimum Gasteiger partial charge on any atom is -0.491 e. The molecule has 3 nitrogen and oxygen atoms in total. The molecule has 1 aromatic carbocycles. The van der Waals surface area contributed by atoms with Gasteiger partial charge in [-0.3, -0.25) is 0 Å². The van der Waals surface area contributed by atoms with Crippen LogP contribution in [0.5, 0.6) is 5.75 Å². The minimum absolute atomic E-state index is 0.164. The maximum atomic E-state index is 5.61. The molecule has 0 bridgehead atoms. The quantitative estimate of drug-likeness (QED) is 0.802. The molecule has 1 aliphatic heterocycles. The second-order valence-electron chi connectivity index (χ2n) is 4.77. The van der Waals surface area contributed by atoms with E-state index in [2.05, 4.69) is 12.1 Å². The monoisotopic (exact) mass is 233 g/mol. The summed E-state index contributed by atoms with van der Waals surface area (Å²) in [5, 5.41) is 4.13. The summed E-state index contributed by atoms with van der Waals surface area (Å²) in [6.07, 6.45) is 0.364. The second-order valence-corrected chi connectivity index (χ2v) is 4.77. The highest BCUT2D eigenvalue weighted by molar-refractivity contribution is 6.02. The fourth-order valence-electron chi connectivity index (χ4n) is 1.83. The molecule has 0 spiro atoms. The molecule has 0 amide bonds. The lowest BCUT2D eigenvalue weighted by Crippen LogP contribution is -2.17. The highest BCUT2D eigenvalue weighted by Gasteiger charge is 2.27. The van der Waals surface area contributed by atoms with Crippen LogP contribution >= 0.6 is 0 Å². The number of rotatable bonds is 3. The van der Waals surface area contributed by atoms with Crippen molar-refractivity contribution in [1.82, 2.24) is 0 Å². The summed E-state index contributed by atoms with van der Waals surface area (Å²) in [4.78, 5) is 5.28. The molecule has 1 aliphatic rings. The summed E-state index contributed by atoms with van der Waals surface area (Å²) in [7, 11) is 0. The maximum Gasteiger partial charge on any atom is 0.133 e. The van der Waals surface area contributed by atoms with Crippen molar-refractivity contribution in [3.05, 3.63) is 29.8 Å². The minimum atomic E-state index is 0.164. The Morgan fingerprint density at radius 3 is 2.29 bits per heavy atom. The zero-order valence-electron chi connectivity index (χ0n) is 10.8. The summed E-state index contributed by atoms with van der Waals surface area (Å²) >= 11 is 0. The van der Waals surface area contributed by atoms with Crippen molar-refractivity contribution in [2.45, 2.75) is 39.9 Å². The predicted octanol–water partition coefficient (Wildman–Crippen LogP) is 3.23. The van der Waals surface area contributed by atoms with E-state index >= 15 is 0 Å². The first-order valence-corrected chi connectivity index (χ1v) is 6.08. The Kier molecular flexibility index (Phi) is 3.36. The van der Waals surface area contributed by atoms with E-state index in [1.807, 2.05) is 45.0 Å². The molecule has 2 atom stereocenters. The molecule has 2 rings (SSSR count). The Bertz CT molecular complexity index is 409. The molecule has 0 saturated heterocycles. The summed E-state index contributed by atoms with van der Waals surface area (Å²) in [5.41, 5.74) is 2.13. The van der Waals surface area contributed by atoms with E-state index in [0.717, 1.165) is 17.0 Å². The second kappa shape index (κ2) is 4.78. The number of ether oxygens (including phenoxy) is 1. The van der Waals surface area contributed by atoms with Crippen LogP contribution in [0.25, 0.3) is 0 Å². The van der Waals surface area contributed by atoms with Gasteiger partial charge in [0.1, 0.15) is 11.9 Å². The van der Waals surface area contributed by atoms with Crippen LogP contribution in [0.4, 0.5) is 0 Å². The number of nitrogens with zero attached hydrogens (tertiary/aromatic N) is 1. The van der Waals surface area contributed by atoms with Crippen LogP contribution in [-0.4, -0.2) is 17.9 Å². The Hall–Kier alpha value is -1.51. The van der Waals surface area contributed by atoms with Gasteiger partial charge in [0.05, 0.1) is 11.8 Å². The smallest absolute Gasteiger partial charge is 0.133 e. The molecule has 0 radical (unpaired) electrons. The molecule has 0 N–H and O–H groups in total. The van der Waals surface area contributed by atoms with Crippen molar-refractivity contribution < 1.29 is 9.57 Å². The van der Waals surface area contributed by atoms with E-state index in [9.17, 15) is 0 Å². The zero-order valence-corrected chi connectivity index (χ0v) is 10.8. The van der Waals surface area contributed by atoms with Gasteiger partial charge in [0.15, 0.2) is 0 Å². The highest BCUT2D eigenvalue weighted by atomic mass is 16.6. The van der Waals surface area contributed by atoms with Gasteiger partial charge < -0.3 is 9.57 Å². The van der Waals surface area contributed by atoms with Crippen LogP contribution in [0.1, 0.15) is 33.3 Å². The lowest BCUT2D eigenvalue weighted by Gasteiger charge is -2.11. The molecule has 92 valence electrons. The first-order valence-electron chi connectivity index (χ1n) is 6.08. The van der Waals surface area contributed by atoms with Crippen LogP contribution < -0.4 is 4.74 Å². The third-order valence-corrected chi connectivity index (χ3v) is 2.97. The van der Waals surface area contributed by atoms with E-state index in [1.54, 1.807) is 0 Å². The highest BCUT2D eigenvalue weighted by Crippen LogP contribution is 2.24. The van der Waals surface area contributed by atoms with Gasteiger partial charge in [-0.15, -0.1) is 0 Å². The fraction of sp³-hybridized carbons (Fsp3) is 0.500. The van der Waals surface area contributed by atoms with Crippen LogP contribution in [-0.2, 0) is 4.84 Å². The molecule has 0 aromatic heterocycles. The third-order valence-electron chi connectivity index (χ3n) is 2.97. The topological polar surface area (TPSA) is 30.8 Å². The van der Waals surface area contributed by atoms with E-state index in [1.165, 1.54) is 0 Å². The molecule has 17 heavy (non-hydrogen) atoms. The van der Waals surface area contributed by atoms with Crippen molar-refractivity contribution in [2.24, 2.45) is 11.1 Å². The van der Waals surface area contributed by atoms with E-state index in [-0.39, 0.29) is 12.2 Å².